The minimum absolute atomic E-state index is 0.190. The van der Waals surface area contributed by atoms with Gasteiger partial charge in [-0.3, -0.25) is 9.78 Å². The van der Waals surface area contributed by atoms with Crippen molar-refractivity contribution in [3.63, 3.8) is 0 Å². The Labute approximate surface area is 90.3 Å². The Morgan fingerprint density at radius 3 is 2.88 bits per heavy atom. The first-order valence-corrected chi connectivity index (χ1v) is 4.58. The molecule has 1 amide bonds. The summed E-state index contributed by atoms with van der Waals surface area (Å²) in [6.45, 7) is 1.74. The van der Waals surface area contributed by atoms with Crippen molar-refractivity contribution >= 4 is 11.7 Å². The molecular formula is C10H9N3O3. The molecule has 0 aliphatic carbocycles. The molecule has 0 fully saturated rings. The van der Waals surface area contributed by atoms with Crippen LogP contribution in [0, 0.1) is 6.92 Å². The summed E-state index contributed by atoms with van der Waals surface area (Å²) in [5.74, 6) is 0.692. The maximum atomic E-state index is 11.6. The van der Waals surface area contributed by atoms with E-state index in [9.17, 15) is 9.59 Å². The number of aromatic amines is 1. The quantitative estimate of drug-likeness (QED) is 0.786. The maximum Gasteiger partial charge on any atom is 0.346 e. The SMILES string of the molecule is Cc1ccc(C(=O)Nc2ccnc(=O)[nH]2)o1. The van der Waals surface area contributed by atoms with Gasteiger partial charge in [0.15, 0.2) is 5.76 Å². The first-order chi connectivity index (χ1) is 7.65. The molecule has 16 heavy (non-hydrogen) atoms. The minimum Gasteiger partial charge on any atom is -0.456 e. The highest BCUT2D eigenvalue weighted by atomic mass is 16.3. The molecule has 0 saturated heterocycles. The number of rotatable bonds is 2. The molecule has 6 heteroatoms. The summed E-state index contributed by atoms with van der Waals surface area (Å²) >= 11 is 0. The summed E-state index contributed by atoms with van der Waals surface area (Å²) in [5.41, 5.74) is -0.520. The molecule has 2 aromatic rings. The van der Waals surface area contributed by atoms with Gasteiger partial charge >= 0.3 is 5.69 Å². The van der Waals surface area contributed by atoms with Crippen molar-refractivity contribution in [3.8, 4) is 0 Å². The Morgan fingerprint density at radius 2 is 2.25 bits per heavy atom. The van der Waals surface area contributed by atoms with Gasteiger partial charge in [0.05, 0.1) is 0 Å². The van der Waals surface area contributed by atoms with Crippen LogP contribution in [0.1, 0.15) is 16.3 Å². The van der Waals surface area contributed by atoms with E-state index in [4.69, 9.17) is 4.42 Å². The van der Waals surface area contributed by atoms with Crippen LogP contribution >= 0.6 is 0 Å². The van der Waals surface area contributed by atoms with Gasteiger partial charge in [-0.1, -0.05) is 0 Å². The highest BCUT2D eigenvalue weighted by Crippen LogP contribution is 2.08. The summed E-state index contributed by atoms with van der Waals surface area (Å²) in [6.07, 6.45) is 1.31. The van der Waals surface area contributed by atoms with Crippen molar-refractivity contribution in [1.82, 2.24) is 9.97 Å². The van der Waals surface area contributed by atoms with Crippen LogP contribution in [-0.2, 0) is 0 Å². The normalized spacial score (nSPS) is 10.1. The van der Waals surface area contributed by atoms with E-state index in [1.54, 1.807) is 19.1 Å². The van der Waals surface area contributed by atoms with Gasteiger partial charge in [0.2, 0.25) is 0 Å². The fourth-order valence-corrected chi connectivity index (χ4v) is 1.18. The zero-order valence-electron chi connectivity index (χ0n) is 8.48. The first-order valence-electron chi connectivity index (χ1n) is 4.58. The van der Waals surface area contributed by atoms with Crippen molar-refractivity contribution in [3.05, 3.63) is 46.4 Å². The average Bonchev–Trinajstić information content (AvgIpc) is 2.65. The Balaban J connectivity index is 2.17. The van der Waals surface area contributed by atoms with Crippen molar-refractivity contribution < 1.29 is 9.21 Å². The van der Waals surface area contributed by atoms with Crippen LogP contribution in [0.3, 0.4) is 0 Å². The second-order valence-corrected chi connectivity index (χ2v) is 3.15. The number of carbonyl (C=O) groups is 1. The van der Waals surface area contributed by atoms with Gasteiger partial charge in [0.25, 0.3) is 5.91 Å². The van der Waals surface area contributed by atoms with Gasteiger partial charge in [-0.05, 0) is 25.1 Å². The lowest BCUT2D eigenvalue weighted by Gasteiger charge is -2.01. The third-order valence-electron chi connectivity index (χ3n) is 1.89. The lowest BCUT2D eigenvalue weighted by Crippen LogP contribution is -2.17. The maximum absolute atomic E-state index is 11.6. The molecule has 2 N–H and O–H groups in total. The topological polar surface area (TPSA) is 88.0 Å². The molecule has 0 aliphatic heterocycles. The Kier molecular flexibility index (Phi) is 2.55. The van der Waals surface area contributed by atoms with E-state index in [2.05, 4.69) is 15.3 Å². The van der Waals surface area contributed by atoms with Crippen LogP contribution in [0.4, 0.5) is 5.82 Å². The molecule has 0 saturated carbocycles. The molecule has 2 rings (SSSR count). The van der Waals surface area contributed by atoms with E-state index in [0.717, 1.165) is 0 Å². The van der Waals surface area contributed by atoms with E-state index in [1.807, 2.05) is 0 Å². The molecule has 0 atom stereocenters. The summed E-state index contributed by atoms with van der Waals surface area (Å²) in [4.78, 5) is 28.3. The number of hydrogen-bond donors (Lipinski definition) is 2. The fraction of sp³-hybridized carbons (Fsp3) is 0.100. The molecule has 82 valence electrons. The highest BCUT2D eigenvalue weighted by Gasteiger charge is 2.10. The molecular weight excluding hydrogens is 210 g/mol. The number of nitrogens with zero attached hydrogens (tertiary/aromatic N) is 1. The van der Waals surface area contributed by atoms with Crippen LogP contribution in [0.15, 0.2) is 33.6 Å². The zero-order chi connectivity index (χ0) is 11.5. The molecule has 0 bridgehead atoms. The Hall–Kier alpha value is -2.37. The van der Waals surface area contributed by atoms with Crippen molar-refractivity contribution in [2.24, 2.45) is 0 Å². The number of aryl methyl sites for hydroxylation is 1. The predicted molar refractivity (Wildman–Crippen MR) is 56.3 cm³/mol. The summed E-state index contributed by atoms with van der Waals surface area (Å²) in [7, 11) is 0. The fourth-order valence-electron chi connectivity index (χ4n) is 1.18. The molecule has 0 unspecified atom stereocenters. The van der Waals surface area contributed by atoms with E-state index in [1.165, 1.54) is 12.3 Å². The number of hydrogen-bond acceptors (Lipinski definition) is 4. The number of furan rings is 1. The van der Waals surface area contributed by atoms with Gasteiger partial charge in [-0.15, -0.1) is 0 Å². The van der Waals surface area contributed by atoms with Crippen molar-refractivity contribution in [2.45, 2.75) is 6.92 Å². The van der Waals surface area contributed by atoms with Crippen LogP contribution < -0.4 is 11.0 Å². The molecule has 2 aromatic heterocycles. The molecule has 2 heterocycles. The molecule has 0 aliphatic rings. The first kappa shape index (κ1) is 10.2. The summed E-state index contributed by atoms with van der Waals surface area (Å²) < 4.78 is 5.13. The highest BCUT2D eigenvalue weighted by molar-refractivity contribution is 6.01. The number of amides is 1. The van der Waals surface area contributed by atoms with Gasteiger partial charge in [-0.25, -0.2) is 9.78 Å². The van der Waals surface area contributed by atoms with Crippen LogP contribution in [0.5, 0.6) is 0 Å². The second kappa shape index (κ2) is 4.01. The largest absolute Gasteiger partial charge is 0.456 e. The minimum atomic E-state index is -0.520. The number of aromatic nitrogens is 2. The van der Waals surface area contributed by atoms with Crippen molar-refractivity contribution in [1.29, 1.82) is 0 Å². The van der Waals surface area contributed by atoms with E-state index in [-0.39, 0.29) is 11.6 Å². The smallest absolute Gasteiger partial charge is 0.346 e. The summed E-state index contributed by atoms with van der Waals surface area (Å²) in [5, 5.41) is 2.48. The molecule has 0 aromatic carbocycles. The number of carbonyl (C=O) groups excluding carboxylic acids is 1. The van der Waals surface area contributed by atoms with Crippen LogP contribution in [0.2, 0.25) is 0 Å². The van der Waals surface area contributed by atoms with Gasteiger partial charge in [0, 0.05) is 6.20 Å². The van der Waals surface area contributed by atoms with E-state index >= 15 is 0 Å². The number of H-pyrrole nitrogens is 1. The third kappa shape index (κ3) is 2.17. The van der Waals surface area contributed by atoms with E-state index < -0.39 is 11.6 Å². The van der Waals surface area contributed by atoms with Gasteiger partial charge in [-0.2, -0.15) is 0 Å². The summed E-state index contributed by atoms with van der Waals surface area (Å²) in [6, 6.07) is 4.73. The van der Waals surface area contributed by atoms with Crippen LogP contribution in [-0.4, -0.2) is 15.9 Å². The number of anilines is 1. The lowest BCUT2D eigenvalue weighted by molar-refractivity contribution is 0.0995. The molecule has 0 spiro atoms. The standard InChI is InChI=1S/C10H9N3O3/c1-6-2-3-7(16-6)9(14)12-8-4-5-11-10(15)13-8/h2-5H,1H3,(H2,11,12,13,14,15). The van der Waals surface area contributed by atoms with E-state index in [0.29, 0.717) is 5.76 Å². The Morgan fingerprint density at radius 1 is 1.44 bits per heavy atom. The zero-order valence-corrected chi connectivity index (χ0v) is 8.48. The van der Waals surface area contributed by atoms with Gasteiger partial charge in [0.1, 0.15) is 11.6 Å². The lowest BCUT2D eigenvalue weighted by atomic mass is 10.4. The van der Waals surface area contributed by atoms with Crippen LogP contribution in [0.25, 0.3) is 0 Å². The molecule has 0 radical (unpaired) electrons. The second-order valence-electron chi connectivity index (χ2n) is 3.15. The molecule has 6 nitrogen and oxygen atoms in total. The predicted octanol–water partition coefficient (Wildman–Crippen LogP) is 0.924. The average molecular weight is 219 g/mol. The Bertz CT molecular complexity index is 570. The monoisotopic (exact) mass is 219 g/mol. The van der Waals surface area contributed by atoms with Gasteiger partial charge < -0.3 is 9.73 Å². The number of nitrogens with one attached hydrogen (secondary N) is 2. The third-order valence-corrected chi connectivity index (χ3v) is 1.89. The van der Waals surface area contributed by atoms with Crippen molar-refractivity contribution in [2.75, 3.05) is 5.32 Å².